The third-order valence-corrected chi connectivity index (χ3v) is 4.15. The Morgan fingerprint density at radius 3 is 2.50 bits per heavy atom. The number of aromatic carboxylic acids is 1. The average Bonchev–Trinajstić information content (AvgIpc) is 2.83. The Morgan fingerprint density at radius 1 is 1.35 bits per heavy atom. The minimum Gasteiger partial charge on any atom is -0.476 e. The number of Topliss-reactive ketones (excluding diaryl/α,β-unsaturated/α-hetero) is 1. The number of aromatic nitrogens is 1. The maximum Gasteiger partial charge on any atom is 0.356 e. The van der Waals surface area contributed by atoms with Crippen molar-refractivity contribution in [2.45, 2.75) is 13.5 Å². The van der Waals surface area contributed by atoms with Crippen molar-refractivity contribution < 1.29 is 14.7 Å². The molecule has 0 radical (unpaired) electrons. The van der Waals surface area contributed by atoms with Crippen LogP contribution in [-0.4, -0.2) is 21.8 Å². The van der Waals surface area contributed by atoms with Crippen molar-refractivity contribution in [2.75, 3.05) is 5.32 Å². The maximum atomic E-state index is 11.4. The normalized spacial score (nSPS) is 10.3. The minimum absolute atomic E-state index is 0.163. The van der Waals surface area contributed by atoms with Gasteiger partial charge in [-0.1, -0.05) is 39.4 Å². The van der Waals surface area contributed by atoms with Gasteiger partial charge in [-0.3, -0.25) is 4.79 Å². The Morgan fingerprint density at radius 2 is 2.00 bits per heavy atom. The lowest BCUT2D eigenvalue weighted by Crippen LogP contribution is -2.04. The minimum atomic E-state index is -1.19. The van der Waals surface area contributed by atoms with E-state index in [-0.39, 0.29) is 16.4 Å². The quantitative estimate of drug-likeness (QED) is 0.804. The molecule has 0 saturated carbocycles. The first-order chi connectivity index (χ1) is 9.47. The van der Waals surface area contributed by atoms with Crippen LogP contribution < -0.4 is 5.32 Å². The number of benzene rings is 1. The fraction of sp³-hybridized carbons (Fsp3) is 0.154. The van der Waals surface area contributed by atoms with Gasteiger partial charge < -0.3 is 10.4 Å². The van der Waals surface area contributed by atoms with Gasteiger partial charge in [0.15, 0.2) is 16.6 Å². The van der Waals surface area contributed by atoms with Crippen LogP contribution in [0.1, 0.15) is 32.6 Å². The lowest BCUT2D eigenvalue weighted by atomic mass is 10.2. The van der Waals surface area contributed by atoms with E-state index in [1.807, 2.05) is 24.3 Å². The third kappa shape index (κ3) is 3.43. The number of ketones is 1. The molecular formula is C13H11BrN2O3S. The topological polar surface area (TPSA) is 79.3 Å². The summed E-state index contributed by atoms with van der Waals surface area (Å²) in [6.45, 7) is 1.84. The molecule has 1 aromatic heterocycles. The molecule has 20 heavy (non-hydrogen) atoms. The number of carboxylic acids is 1. The van der Waals surface area contributed by atoms with E-state index in [2.05, 4.69) is 26.2 Å². The summed E-state index contributed by atoms with van der Waals surface area (Å²) in [5, 5.41) is 12.5. The van der Waals surface area contributed by atoms with Crippen molar-refractivity contribution >= 4 is 44.2 Å². The van der Waals surface area contributed by atoms with Crippen LogP contribution in [0.3, 0.4) is 0 Å². The Balaban J connectivity index is 2.14. The van der Waals surface area contributed by atoms with Gasteiger partial charge in [0, 0.05) is 17.9 Å². The number of hydrogen-bond acceptors (Lipinski definition) is 5. The molecule has 0 atom stereocenters. The Hall–Kier alpha value is -1.73. The molecular weight excluding hydrogens is 344 g/mol. The highest BCUT2D eigenvalue weighted by Crippen LogP contribution is 2.24. The number of hydrogen-bond donors (Lipinski definition) is 2. The van der Waals surface area contributed by atoms with Crippen LogP contribution in [0.4, 0.5) is 5.13 Å². The number of carbonyl (C=O) groups excluding carboxylic acids is 1. The van der Waals surface area contributed by atoms with Crippen LogP contribution in [0, 0.1) is 0 Å². The summed E-state index contributed by atoms with van der Waals surface area (Å²) in [6, 6.07) is 7.72. The summed E-state index contributed by atoms with van der Waals surface area (Å²) in [5.41, 5.74) is 0.838. The summed E-state index contributed by atoms with van der Waals surface area (Å²) >= 11 is 4.41. The van der Waals surface area contributed by atoms with E-state index in [9.17, 15) is 9.59 Å². The van der Waals surface area contributed by atoms with E-state index in [4.69, 9.17) is 5.11 Å². The predicted molar refractivity (Wildman–Crippen MR) is 80.5 cm³/mol. The van der Waals surface area contributed by atoms with Crippen LogP contribution in [-0.2, 0) is 6.54 Å². The van der Waals surface area contributed by atoms with Crippen LogP contribution in [0.2, 0.25) is 0 Å². The molecule has 0 amide bonds. The summed E-state index contributed by atoms with van der Waals surface area (Å²) in [7, 11) is 0. The molecule has 104 valence electrons. The summed E-state index contributed by atoms with van der Waals surface area (Å²) in [6.07, 6.45) is 0. The average molecular weight is 355 g/mol. The van der Waals surface area contributed by atoms with E-state index in [1.54, 1.807) is 0 Å². The molecule has 0 saturated heterocycles. The molecule has 0 aliphatic carbocycles. The van der Waals surface area contributed by atoms with Gasteiger partial charge in [-0.2, -0.15) is 0 Å². The molecule has 0 aliphatic rings. The number of nitrogens with one attached hydrogen (secondary N) is 1. The second-order valence-corrected chi connectivity index (χ2v) is 5.95. The fourth-order valence-corrected chi connectivity index (χ4v) is 2.67. The highest BCUT2D eigenvalue weighted by molar-refractivity contribution is 9.10. The number of carboxylic acid groups (broad SMARTS) is 1. The summed E-state index contributed by atoms with van der Waals surface area (Å²) in [5.74, 6) is -1.49. The van der Waals surface area contributed by atoms with Crippen molar-refractivity contribution in [2.24, 2.45) is 0 Å². The SMILES string of the molecule is CC(=O)c1sc(NCc2ccc(Br)cc2)nc1C(=O)O. The first-order valence-corrected chi connectivity index (χ1v) is 7.31. The molecule has 7 heteroatoms. The summed E-state index contributed by atoms with van der Waals surface area (Å²) in [4.78, 5) is 26.5. The molecule has 2 aromatic rings. The van der Waals surface area contributed by atoms with Gasteiger partial charge in [-0.05, 0) is 17.7 Å². The molecule has 0 bridgehead atoms. The van der Waals surface area contributed by atoms with Gasteiger partial charge in [0.2, 0.25) is 0 Å². The van der Waals surface area contributed by atoms with Gasteiger partial charge in [0.1, 0.15) is 4.88 Å². The summed E-state index contributed by atoms with van der Waals surface area (Å²) < 4.78 is 0.988. The first-order valence-electron chi connectivity index (χ1n) is 5.70. The molecule has 2 rings (SSSR count). The van der Waals surface area contributed by atoms with Crippen molar-refractivity contribution in [3.8, 4) is 0 Å². The Kier molecular flexibility index (Phi) is 4.51. The molecule has 0 spiro atoms. The zero-order valence-corrected chi connectivity index (χ0v) is 12.9. The zero-order chi connectivity index (χ0) is 14.7. The molecule has 2 N–H and O–H groups in total. The highest BCUT2D eigenvalue weighted by atomic mass is 79.9. The molecule has 1 aromatic carbocycles. The standard InChI is InChI=1S/C13H11BrN2O3S/c1-7(17)11-10(12(18)19)16-13(20-11)15-6-8-2-4-9(14)5-3-8/h2-5H,6H2,1H3,(H,15,16)(H,18,19). The van der Waals surface area contributed by atoms with E-state index < -0.39 is 5.97 Å². The second kappa shape index (κ2) is 6.15. The predicted octanol–water partition coefficient (Wildman–Crippen LogP) is 3.42. The molecule has 0 aliphatic heterocycles. The number of carbonyl (C=O) groups is 2. The lowest BCUT2D eigenvalue weighted by Gasteiger charge is -2.02. The van der Waals surface area contributed by atoms with Gasteiger partial charge >= 0.3 is 5.97 Å². The van der Waals surface area contributed by atoms with E-state index in [0.29, 0.717) is 11.7 Å². The van der Waals surface area contributed by atoms with Gasteiger partial charge in [0.25, 0.3) is 0 Å². The van der Waals surface area contributed by atoms with Crippen LogP contribution >= 0.6 is 27.3 Å². The van der Waals surface area contributed by atoms with Crippen molar-refractivity contribution in [1.82, 2.24) is 4.98 Å². The largest absolute Gasteiger partial charge is 0.476 e. The molecule has 1 heterocycles. The van der Waals surface area contributed by atoms with E-state index in [0.717, 1.165) is 21.4 Å². The Labute approximate surface area is 127 Å². The van der Waals surface area contributed by atoms with Crippen molar-refractivity contribution in [3.63, 3.8) is 0 Å². The number of nitrogens with zero attached hydrogens (tertiary/aromatic N) is 1. The van der Waals surface area contributed by atoms with Crippen molar-refractivity contribution in [3.05, 3.63) is 44.9 Å². The smallest absolute Gasteiger partial charge is 0.356 e. The van der Waals surface area contributed by atoms with Crippen LogP contribution in [0.5, 0.6) is 0 Å². The van der Waals surface area contributed by atoms with Gasteiger partial charge in [0.05, 0.1) is 0 Å². The Bertz CT molecular complexity index is 621. The molecule has 0 fully saturated rings. The fourth-order valence-electron chi connectivity index (χ4n) is 1.56. The van der Waals surface area contributed by atoms with Gasteiger partial charge in [-0.15, -0.1) is 0 Å². The van der Waals surface area contributed by atoms with Crippen molar-refractivity contribution in [1.29, 1.82) is 0 Å². The van der Waals surface area contributed by atoms with Crippen LogP contribution in [0.25, 0.3) is 0 Å². The van der Waals surface area contributed by atoms with E-state index >= 15 is 0 Å². The third-order valence-electron chi connectivity index (χ3n) is 2.51. The maximum absolute atomic E-state index is 11.4. The van der Waals surface area contributed by atoms with Crippen LogP contribution in [0.15, 0.2) is 28.7 Å². The number of anilines is 1. The second-order valence-electron chi connectivity index (χ2n) is 4.04. The molecule has 0 unspecified atom stereocenters. The highest BCUT2D eigenvalue weighted by Gasteiger charge is 2.20. The number of rotatable bonds is 5. The lowest BCUT2D eigenvalue weighted by molar-refractivity contribution is 0.0687. The number of thiazole rings is 1. The monoisotopic (exact) mass is 354 g/mol. The number of halogens is 1. The first kappa shape index (κ1) is 14.7. The van der Waals surface area contributed by atoms with Gasteiger partial charge in [-0.25, -0.2) is 9.78 Å². The zero-order valence-electron chi connectivity index (χ0n) is 10.5. The van der Waals surface area contributed by atoms with E-state index in [1.165, 1.54) is 6.92 Å². The molecule has 5 nitrogen and oxygen atoms in total.